The molecule has 0 aliphatic carbocycles. The molecule has 1 aromatic carbocycles. The number of imidazole rings is 1. The highest BCUT2D eigenvalue weighted by molar-refractivity contribution is 7.89. The van der Waals surface area contributed by atoms with E-state index >= 15 is 0 Å². The van der Waals surface area contributed by atoms with Crippen molar-refractivity contribution < 1.29 is 12.8 Å². The van der Waals surface area contributed by atoms with Gasteiger partial charge in [0.25, 0.3) is 0 Å². The molecule has 0 fully saturated rings. The van der Waals surface area contributed by atoms with E-state index in [0.717, 1.165) is 0 Å². The number of halogens is 1. The predicted octanol–water partition coefficient (Wildman–Crippen LogP) is 1.99. The molecule has 0 spiro atoms. The van der Waals surface area contributed by atoms with E-state index < -0.39 is 15.8 Å². The van der Waals surface area contributed by atoms with Gasteiger partial charge in [-0.15, -0.1) is 0 Å². The number of aromatic nitrogens is 2. The lowest BCUT2D eigenvalue weighted by atomic mass is 10.1. The number of sulfonamides is 1. The Balaban J connectivity index is 2.40. The lowest BCUT2D eigenvalue weighted by molar-refractivity contribution is 0.457. The second kappa shape index (κ2) is 5.34. The maximum Gasteiger partial charge on any atom is 0.243 e. The number of rotatable bonds is 4. The third-order valence-electron chi connectivity index (χ3n) is 3.02. The van der Waals surface area contributed by atoms with Crippen LogP contribution in [0, 0.1) is 19.7 Å². The summed E-state index contributed by atoms with van der Waals surface area (Å²) in [5.41, 5.74) is 0.794. The van der Waals surface area contributed by atoms with Crippen LogP contribution in [0.2, 0.25) is 0 Å². The summed E-state index contributed by atoms with van der Waals surface area (Å²) >= 11 is 0. The number of benzene rings is 1. The second-order valence-electron chi connectivity index (χ2n) is 4.67. The normalized spacial score (nSPS) is 12.1. The summed E-state index contributed by atoms with van der Waals surface area (Å²) in [4.78, 5) is 7.00. The van der Waals surface area contributed by atoms with Crippen LogP contribution >= 0.6 is 0 Å². The first-order valence-electron chi connectivity index (χ1n) is 6.03. The largest absolute Gasteiger partial charge is 0.347 e. The van der Waals surface area contributed by atoms with E-state index in [1.165, 1.54) is 23.5 Å². The van der Waals surface area contributed by atoms with Crippen molar-refractivity contribution in [2.24, 2.45) is 0 Å². The number of H-pyrrole nitrogens is 1. The summed E-state index contributed by atoms with van der Waals surface area (Å²) in [6.07, 6.45) is 3.19. The van der Waals surface area contributed by atoms with Gasteiger partial charge in [-0.3, -0.25) is 0 Å². The molecule has 0 radical (unpaired) electrons. The van der Waals surface area contributed by atoms with Crippen LogP contribution in [0.5, 0.6) is 0 Å². The first-order chi connectivity index (χ1) is 9.32. The van der Waals surface area contributed by atoms with Gasteiger partial charge in [-0.2, -0.15) is 4.31 Å². The second-order valence-corrected chi connectivity index (χ2v) is 6.65. The van der Waals surface area contributed by atoms with Crippen LogP contribution in [-0.4, -0.2) is 29.7 Å². The molecule has 0 saturated heterocycles. The first kappa shape index (κ1) is 14.7. The minimum Gasteiger partial charge on any atom is -0.347 e. The third kappa shape index (κ3) is 2.73. The minimum absolute atomic E-state index is 0.131. The van der Waals surface area contributed by atoms with Gasteiger partial charge < -0.3 is 4.98 Å². The van der Waals surface area contributed by atoms with Gasteiger partial charge in [-0.1, -0.05) is 0 Å². The van der Waals surface area contributed by atoms with Gasteiger partial charge in [0.2, 0.25) is 10.0 Å². The zero-order valence-electron chi connectivity index (χ0n) is 11.5. The quantitative estimate of drug-likeness (QED) is 0.938. The average molecular weight is 297 g/mol. The average Bonchev–Trinajstić information content (AvgIpc) is 2.79. The highest BCUT2D eigenvalue weighted by atomic mass is 32.2. The third-order valence-corrected chi connectivity index (χ3v) is 5.13. The molecule has 0 saturated carbocycles. The summed E-state index contributed by atoms with van der Waals surface area (Å²) in [6, 6.07) is 2.45. The number of nitrogens with zero attached hydrogens (tertiary/aromatic N) is 2. The maximum absolute atomic E-state index is 13.3. The summed E-state index contributed by atoms with van der Waals surface area (Å²) in [5.74, 6) is 0.112. The van der Waals surface area contributed by atoms with Gasteiger partial charge in [0, 0.05) is 19.4 Å². The zero-order valence-corrected chi connectivity index (χ0v) is 12.3. The molecule has 5 nitrogen and oxygen atoms in total. The van der Waals surface area contributed by atoms with Crippen LogP contribution in [0.3, 0.4) is 0 Å². The molecule has 108 valence electrons. The molecule has 1 heterocycles. The fraction of sp³-hybridized carbons (Fsp3) is 0.308. The molecule has 1 aromatic heterocycles. The fourth-order valence-electron chi connectivity index (χ4n) is 2.14. The summed E-state index contributed by atoms with van der Waals surface area (Å²) in [6.45, 7) is 3.30. The minimum atomic E-state index is -3.69. The van der Waals surface area contributed by atoms with Crippen molar-refractivity contribution in [3.8, 4) is 0 Å². The van der Waals surface area contributed by atoms with E-state index in [2.05, 4.69) is 9.97 Å². The molecule has 2 rings (SSSR count). The number of nitrogens with one attached hydrogen (secondary N) is 1. The first-order valence-corrected chi connectivity index (χ1v) is 7.47. The van der Waals surface area contributed by atoms with Crippen molar-refractivity contribution in [3.63, 3.8) is 0 Å². The van der Waals surface area contributed by atoms with Gasteiger partial charge in [0.05, 0.1) is 11.4 Å². The van der Waals surface area contributed by atoms with Crippen molar-refractivity contribution in [2.75, 3.05) is 7.05 Å². The Kier molecular flexibility index (Phi) is 3.92. The summed E-state index contributed by atoms with van der Waals surface area (Å²) < 4.78 is 39.6. The van der Waals surface area contributed by atoms with E-state index in [1.807, 2.05) is 0 Å². The van der Waals surface area contributed by atoms with Crippen LogP contribution in [0.15, 0.2) is 29.4 Å². The van der Waals surface area contributed by atoms with Crippen molar-refractivity contribution in [1.29, 1.82) is 0 Å². The number of hydrogen-bond donors (Lipinski definition) is 1. The van der Waals surface area contributed by atoms with E-state index in [4.69, 9.17) is 0 Å². The molecule has 0 aliphatic rings. The van der Waals surface area contributed by atoms with Crippen LogP contribution in [0.4, 0.5) is 4.39 Å². The highest BCUT2D eigenvalue weighted by Gasteiger charge is 2.25. The molecular formula is C13H16FN3O2S. The lowest BCUT2D eigenvalue weighted by Crippen LogP contribution is -2.28. The van der Waals surface area contributed by atoms with Gasteiger partial charge in [-0.25, -0.2) is 17.8 Å². The number of aromatic amines is 1. The molecule has 0 atom stereocenters. The fourth-order valence-corrected chi connectivity index (χ4v) is 3.68. The molecule has 0 bridgehead atoms. The van der Waals surface area contributed by atoms with Gasteiger partial charge in [0.15, 0.2) is 0 Å². The molecule has 20 heavy (non-hydrogen) atoms. The molecule has 2 aromatic rings. The molecule has 0 aliphatic heterocycles. The zero-order chi connectivity index (χ0) is 14.9. The number of aryl methyl sites for hydroxylation is 2. The summed E-state index contributed by atoms with van der Waals surface area (Å²) in [7, 11) is -2.21. The van der Waals surface area contributed by atoms with Crippen LogP contribution < -0.4 is 0 Å². The van der Waals surface area contributed by atoms with Gasteiger partial charge in [0.1, 0.15) is 11.6 Å². The van der Waals surface area contributed by atoms with Gasteiger partial charge in [-0.05, 0) is 37.1 Å². The Morgan fingerprint density at radius 3 is 2.40 bits per heavy atom. The van der Waals surface area contributed by atoms with Crippen LogP contribution in [0.1, 0.15) is 17.0 Å². The van der Waals surface area contributed by atoms with Crippen molar-refractivity contribution in [2.45, 2.75) is 25.3 Å². The van der Waals surface area contributed by atoms with Crippen LogP contribution in [0.25, 0.3) is 0 Å². The van der Waals surface area contributed by atoms with E-state index in [0.29, 0.717) is 17.0 Å². The van der Waals surface area contributed by atoms with Crippen molar-refractivity contribution in [1.82, 2.24) is 14.3 Å². The maximum atomic E-state index is 13.3. The highest BCUT2D eigenvalue weighted by Crippen LogP contribution is 2.24. The molecule has 1 N–H and O–H groups in total. The Morgan fingerprint density at radius 2 is 1.90 bits per heavy atom. The SMILES string of the molecule is Cc1cc(F)cc(C)c1S(=O)(=O)N(C)Cc1ncc[nH]1. The Morgan fingerprint density at radius 1 is 1.30 bits per heavy atom. The molecule has 7 heteroatoms. The molecule has 0 unspecified atom stereocenters. The summed E-state index contributed by atoms with van der Waals surface area (Å²) in [5, 5.41) is 0. The Labute approximate surface area is 117 Å². The van der Waals surface area contributed by atoms with Gasteiger partial charge >= 0.3 is 0 Å². The molecule has 0 amide bonds. The lowest BCUT2D eigenvalue weighted by Gasteiger charge is -2.19. The van der Waals surface area contributed by atoms with E-state index in [1.54, 1.807) is 26.2 Å². The Bertz CT molecular complexity index is 688. The predicted molar refractivity (Wildman–Crippen MR) is 73.1 cm³/mol. The number of hydrogen-bond acceptors (Lipinski definition) is 3. The van der Waals surface area contributed by atoms with Crippen molar-refractivity contribution in [3.05, 3.63) is 47.3 Å². The van der Waals surface area contributed by atoms with Crippen molar-refractivity contribution >= 4 is 10.0 Å². The van der Waals surface area contributed by atoms with Crippen LogP contribution in [-0.2, 0) is 16.6 Å². The molecular weight excluding hydrogens is 281 g/mol. The smallest absolute Gasteiger partial charge is 0.243 e. The Hall–Kier alpha value is -1.73. The van der Waals surface area contributed by atoms with E-state index in [9.17, 15) is 12.8 Å². The standard InChI is InChI=1S/C13H16FN3O2S/c1-9-6-11(14)7-10(2)13(9)20(18,19)17(3)8-12-15-4-5-16-12/h4-7H,8H2,1-3H3,(H,15,16). The topological polar surface area (TPSA) is 66.1 Å². The monoisotopic (exact) mass is 297 g/mol. The van der Waals surface area contributed by atoms with E-state index in [-0.39, 0.29) is 11.4 Å².